The number of hydroxylamine groups is 1. The van der Waals surface area contributed by atoms with Crippen LogP contribution in [0.1, 0.15) is 12.8 Å². The highest BCUT2D eigenvalue weighted by Gasteiger charge is 2.21. The van der Waals surface area contributed by atoms with Gasteiger partial charge in [-0.25, -0.2) is 0 Å². The standard InChI is InChI=1S/C4H8F2NOP/c5-9(6)7-3-1-2-4-8-7/h1-4H2. The van der Waals surface area contributed by atoms with Gasteiger partial charge >= 0.3 is 8.69 Å². The van der Waals surface area contributed by atoms with Gasteiger partial charge in [-0.2, -0.15) is 8.39 Å². The fraction of sp³-hybridized carbons (Fsp3) is 1.00. The topological polar surface area (TPSA) is 12.5 Å². The normalized spacial score (nSPS) is 23.0. The Bertz CT molecular complexity index is 86.6. The lowest BCUT2D eigenvalue weighted by molar-refractivity contribution is -0.113. The van der Waals surface area contributed by atoms with Crippen molar-refractivity contribution in [3.8, 4) is 0 Å². The Hall–Kier alpha value is 0.210. The molecule has 0 aromatic carbocycles. The van der Waals surface area contributed by atoms with Crippen LogP contribution in [0.2, 0.25) is 0 Å². The Morgan fingerprint density at radius 3 is 2.44 bits per heavy atom. The summed E-state index contributed by atoms with van der Waals surface area (Å²) in [6, 6.07) is 0. The van der Waals surface area contributed by atoms with Crippen molar-refractivity contribution in [1.29, 1.82) is 0 Å². The molecule has 54 valence electrons. The molecule has 0 radical (unpaired) electrons. The Morgan fingerprint density at radius 1 is 1.33 bits per heavy atom. The summed E-state index contributed by atoms with van der Waals surface area (Å²) in [6.45, 7) is 0.839. The van der Waals surface area contributed by atoms with Crippen molar-refractivity contribution in [2.24, 2.45) is 0 Å². The zero-order valence-electron chi connectivity index (χ0n) is 4.89. The smallest absolute Gasteiger partial charge is 0.291 e. The van der Waals surface area contributed by atoms with Gasteiger partial charge in [-0.1, -0.05) is 0 Å². The van der Waals surface area contributed by atoms with Crippen molar-refractivity contribution in [2.45, 2.75) is 12.8 Å². The molecule has 0 N–H and O–H groups in total. The third-order valence-corrected chi connectivity index (χ3v) is 1.81. The minimum atomic E-state index is -3.01. The van der Waals surface area contributed by atoms with E-state index in [0.717, 1.165) is 17.7 Å². The second-order valence-electron chi connectivity index (χ2n) is 1.83. The van der Waals surface area contributed by atoms with Crippen LogP contribution in [-0.2, 0) is 4.84 Å². The molecule has 0 aromatic rings. The molecule has 0 bridgehead atoms. The van der Waals surface area contributed by atoms with E-state index in [2.05, 4.69) is 4.84 Å². The maximum atomic E-state index is 11.8. The molecule has 9 heavy (non-hydrogen) atoms. The Morgan fingerprint density at radius 2 is 2.11 bits per heavy atom. The second kappa shape index (κ2) is 3.40. The monoisotopic (exact) mass is 155 g/mol. The molecule has 0 saturated carbocycles. The molecule has 0 amide bonds. The number of hydrogen-bond acceptors (Lipinski definition) is 2. The van der Waals surface area contributed by atoms with Crippen LogP contribution in [0.4, 0.5) is 8.39 Å². The quantitative estimate of drug-likeness (QED) is 0.538. The molecular formula is C4H8F2NOP. The average molecular weight is 155 g/mol. The van der Waals surface area contributed by atoms with E-state index in [1.165, 1.54) is 0 Å². The molecule has 1 aliphatic rings. The number of halogens is 2. The fourth-order valence-corrected chi connectivity index (χ4v) is 1.16. The van der Waals surface area contributed by atoms with Crippen molar-refractivity contribution in [1.82, 2.24) is 4.83 Å². The van der Waals surface area contributed by atoms with Crippen LogP contribution in [0.5, 0.6) is 0 Å². The minimum Gasteiger partial charge on any atom is -0.291 e. The van der Waals surface area contributed by atoms with Gasteiger partial charge in [0.2, 0.25) is 0 Å². The van der Waals surface area contributed by atoms with E-state index in [-0.39, 0.29) is 0 Å². The van der Waals surface area contributed by atoms with Crippen molar-refractivity contribution < 1.29 is 13.2 Å². The summed E-state index contributed by atoms with van der Waals surface area (Å²) >= 11 is 0. The SMILES string of the molecule is FP(F)N1CCCCO1. The first kappa shape index (κ1) is 7.32. The first-order valence-corrected chi connectivity index (χ1v) is 3.90. The molecule has 0 unspecified atom stereocenters. The first-order chi connectivity index (χ1) is 4.30. The van der Waals surface area contributed by atoms with E-state index in [1.54, 1.807) is 0 Å². The van der Waals surface area contributed by atoms with Crippen molar-refractivity contribution >= 4 is 8.69 Å². The van der Waals surface area contributed by atoms with Gasteiger partial charge in [-0.15, -0.1) is 4.83 Å². The lowest BCUT2D eigenvalue weighted by Crippen LogP contribution is -2.23. The van der Waals surface area contributed by atoms with Gasteiger partial charge in [0.05, 0.1) is 6.61 Å². The van der Waals surface area contributed by atoms with Crippen LogP contribution < -0.4 is 0 Å². The minimum absolute atomic E-state index is 0.388. The highest BCUT2D eigenvalue weighted by molar-refractivity contribution is 7.43. The van der Waals surface area contributed by atoms with Gasteiger partial charge in [0.1, 0.15) is 0 Å². The maximum Gasteiger partial charge on any atom is 0.369 e. The summed E-state index contributed by atoms with van der Waals surface area (Å²) in [4.78, 5) is 5.44. The van der Waals surface area contributed by atoms with Gasteiger partial charge in [-0.05, 0) is 12.8 Å². The fourth-order valence-electron chi connectivity index (χ4n) is 0.703. The van der Waals surface area contributed by atoms with Crippen molar-refractivity contribution in [3.63, 3.8) is 0 Å². The molecule has 1 rings (SSSR count). The predicted octanol–water partition coefficient (Wildman–Crippen LogP) is 2.18. The molecule has 0 atom stereocenters. The largest absolute Gasteiger partial charge is 0.369 e. The highest BCUT2D eigenvalue weighted by atomic mass is 31.2. The van der Waals surface area contributed by atoms with Crippen LogP contribution in [0.3, 0.4) is 0 Å². The third-order valence-electron chi connectivity index (χ3n) is 1.15. The van der Waals surface area contributed by atoms with E-state index >= 15 is 0 Å². The number of nitrogens with zero attached hydrogens (tertiary/aromatic N) is 1. The molecule has 2 nitrogen and oxygen atoms in total. The summed E-state index contributed by atoms with van der Waals surface area (Å²) in [5.74, 6) is 0. The second-order valence-corrected chi connectivity index (χ2v) is 2.71. The summed E-state index contributed by atoms with van der Waals surface area (Å²) in [6.07, 6.45) is 1.73. The lowest BCUT2D eigenvalue weighted by atomic mass is 10.3. The van der Waals surface area contributed by atoms with Crippen LogP contribution >= 0.6 is 8.69 Å². The summed E-state index contributed by atoms with van der Waals surface area (Å²) in [5.41, 5.74) is 0. The van der Waals surface area contributed by atoms with E-state index in [1.807, 2.05) is 0 Å². The molecule has 0 spiro atoms. The van der Waals surface area contributed by atoms with Crippen LogP contribution in [0.25, 0.3) is 0 Å². The van der Waals surface area contributed by atoms with E-state index in [4.69, 9.17) is 0 Å². The molecular weight excluding hydrogens is 147 g/mol. The van der Waals surface area contributed by atoms with Crippen molar-refractivity contribution in [3.05, 3.63) is 0 Å². The molecule has 0 aromatic heterocycles. The number of rotatable bonds is 1. The summed E-state index contributed by atoms with van der Waals surface area (Å²) < 4.78 is 23.6. The van der Waals surface area contributed by atoms with Gasteiger partial charge in [-0.3, -0.25) is 4.84 Å². The molecule has 0 aliphatic carbocycles. The molecule has 1 saturated heterocycles. The highest BCUT2D eigenvalue weighted by Crippen LogP contribution is 2.44. The van der Waals surface area contributed by atoms with Crippen molar-refractivity contribution in [2.75, 3.05) is 13.2 Å². The Labute approximate surface area is 53.8 Å². The van der Waals surface area contributed by atoms with Crippen LogP contribution in [0, 0.1) is 0 Å². The van der Waals surface area contributed by atoms with Gasteiger partial charge < -0.3 is 0 Å². The first-order valence-electron chi connectivity index (χ1n) is 2.83. The van der Waals surface area contributed by atoms with Gasteiger partial charge in [0.15, 0.2) is 0 Å². The Kier molecular flexibility index (Phi) is 2.76. The molecule has 1 fully saturated rings. The van der Waals surface area contributed by atoms with E-state index in [9.17, 15) is 8.39 Å². The van der Waals surface area contributed by atoms with Gasteiger partial charge in [0, 0.05) is 6.54 Å². The summed E-state index contributed by atoms with van der Waals surface area (Å²) in [5, 5.41) is 0. The maximum absolute atomic E-state index is 11.8. The average Bonchev–Trinajstić information content (AvgIpc) is 1.90. The predicted molar refractivity (Wildman–Crippen MR) is 31.0 cm³/mol. The number of hydrogen-bond donors (Lipinski definition) is 0. The zero-order chi connectivity index (χ0) is 6.69. The van der Waals surface area contributed by atoms with Crippen LogP contribution in [-0.4, -0.2) is 18.0 Å². The zero-order valence-corrected chi connectivity index (χ0v) is 5.78. The molecule has 5 heteroatoms. The lowest BCUT2D eigenvalue weighted by Gasteiger charge is -2.22. The third kappa shape index (κ3) is 2.12. The Balaban J connectivity index is 2.23. The van der Waals surface area contributed by atoms with Crippen LogP contribution in [0.15, 0.2) is 0 Å². The van der Waals surface area contributed by atoms with E-state index in [0.29, 0.717) is 13.2 Å². The van der Waals surface area contributed by atoms with Gasteiger partial charge in [0.25, 0.3) is 0 Å². The summed E-state index contributed by atoms with van der Waals surface area (Å²) in [7, 11) is -3.01. The molecule has 1 heterocycles. The molecule has 1 aliphatic heterocycles. The van der Waals surface area contributed by atoms with E-state index < -0.39 is 8.69 Å².